The number of carbonyl (C=O) groups excluding carboxylic acids is 1. The summed E-state index contributed by atoms with van der Waals surface area (Å²) in [6, 6.07) is 5.29. The number of sulfonamides is 1. The summed E-state index contributed by atoms with van der Waals surface area (Å²) in [7, 11) is -3.56. The first-order valence-electron chi connectivity index (χ1n) is 8.25. The molecule has 1 fully saturated rings. The van der Waals surface area contributed by atoms with Crippen LogP contribution in [-0.4, -0.2) is 26.9 Å². The van der Waals surface area contributed by atoms with Gasteiger partial charge in [0.2, 0.25) is 15.9 Å². The standard InChI is InChI=1S/C17H26N2O3S/c1-13-8-9-16(12-14(13)2)23(21,22)18-11-10-17(20)19-15-6-4-3-5-7-15/h8-9,12,15,18H,3-7,10-11H2,1-2H3,(H,19,20). The van der Waals surface area contributed by atoms with E-state index < -0.39 is 10.0 Å². The second-order valence-electron chi connectivity index (χ2n) is 6.30. The summed E-state index contributed by atoms with van der Waals surface area (Å²) in [5.41, 5.74) is 1.98. The van der Waals surface area contributed by atoms with Crippen molar-refractivity contribution >= 4 is 15.9 Å². The summed E-state index contributed by atoms with van der Waals surface area (Å²) in [6.07, 6.45) is 5.78. The maximum Gasteiger partial charge on any atom is 0.240 e. The molecular formula is C17H26N2O3S. The molecule has 1 saturated carbocycles. The van der Waals surface area contributed by atoms with Crippen LogP contribution in [0, 0.1) is 13.8 Å². The first kappa shape index (κ1) is 17.9. The average molecular weight is 338 g/mol. The summed E-state index contributed by atoms with van der Waals surface area (Å²) < 4.78 is 27.0. The minimum absolute atomic E-state index is 0.0836. The first-order chi connectivity index (χ1) is 10.9. The molecule has 1 aliphatic carbocycles. The van der Waals surface area contributed by atoms with Gasteiger partial charge < -0.3 is 5.32 Å². The summed E-state index contributed by atoms with van der Waals surface area (Å²) in [6.45, 7) is 3.94. The topological polar surface area (TPSA) is 75.3 Å². The molecule has 5 nitrogen and oxygen atoms in total. The van der Waals surface area contributed by atoms with Gasteiger partial charge in [0.25, 0.3) is 0 Å². The molecule has 0 aliphatic heterocycles. The molecule has 1 aromatic rings. The second-order valence-corrected chi connectivity index (χ2v) is 8.06. The number of carbonyl (C=O) groups is 1. The third-order valence-corrected chi connectivity index (χ3v) is 5.86. The Morgan fingerprint density at radius 3 is 2.48 bits per heavy atom. The van der Waals surface area contributed by atoms with Crippen LogP contribution in [0.5, 0.6) is 0 Å². The second kappa shape index (κ2) is 7.93. The van der Waals surface area contributed by atoms with E-state index in [4.69, 9.17) is 0 Å². The van der Waals surface area contributed by atoms with Crippen LogP contribution >= 0.6 is 0 Å². The Labute approximate surface area is 138 Å². The number of aryl methyl sites for hydroxylation is 2. The van der Waals surface area contributed by atoms with E-state index in [0.717, 1.165) is 36.8 Å². The molecule has 0 bridgehead atoms. The largest absolute Gasteiger partial charge is 0.353 e. The van der Waals surface area contributed by atoms with Crippen molar-refractivity contribution in [1.29, 1.82) is 0 Å². The zero-order valence-corrected chi connectivity index (χ0v) is 14.7. The van der Waals surface area contributed by atoms with Crippen molar-refractivity contribution in [3.63, 3.8) is 0 Å². The van der Waals surface area contributed by atoms with E-state index in [-0.39, 0.29) is 29.8 Å². The molecule has 23 heavy (non-hydrogen) atoms. The zero-order chi connectivity index (χ0) is 16.9. The Kier molecular flexibility index (Phi) is 6.18. The number of nitrogens with one attached hydrogen (secondary N) is 2. The fraction of sp³-hybridized carbons (Fsp3) is 0.588. The van der Waals surface area contributed by atoms with Crippen molar-refractivity contribution < 1.29 is 13.2 Å². The van der Waals surface area contributed by atoms with Gasteiger partial charge in [0.1, 0.15) is 0 Å². The van der Waals surface area contributed by atoms with Gasteiger partial charge in [0, 0.05) is 19.0 Å². The van der Waals surface area contributed by atoms with E-state index in [2.05, 4.69) is 10.0 Å². The van der Waals surface area contributed by atoms with Crippen LogP contribution in [0.1, 0.15) is 49.7 Å². The predicted molar refractivity (Wildman–Crippen MR) is 90.7 cm³/mol. The van der Waals surface area contributed by atoms with Crippen molar-refractivity contribution in [2.75, 3.05) is 6.54 Å². The summed E-state index contributed by atoms with van der Waals surface area (Å²) in [5, 5.41) is 2.99. The lowest BCUT2D eigenvalue weighted by Crippen LogP contribution is -2.38. The summed E-state index contributed by atoms with van der Waals surface area (Å²) in [4.78, 5) is 12.1. The molecule has 2 N–H and O–H groups in total. The molecule has 0 heterocycles. The third-order valence-electron chi connectivity index (χ3n) is 4.40. The van der Waals surface area contributed by atoms with Gasteiger partial charge in [0.15, 0.2) is 0 Å². The van der Waals surface area contributed by atoms with E-state index in [0.29, 0.717) is 0 Å². The van der Waals surface area contributed by atoms with Crippen LogP contribution in [-0.2, 0) is 14.8 Å². The molecule has 0 saturated heterocycles. The highest BCUT2D eigenvalue weighted by atomic mass is 32.2. The van der Waals surface area contributed by atoms with Crippen LogP contribution in [0.15, 0.2) is 23.1 Å². The van der Waals surface area contributed by atoms with Gasteiger partial charge in [-0.1, -0.05) is 25.3 Å². The Morgan fingerprint density at radius 2 is 1.83 bits per heavy atom. The molecule has 2 rings (SSSR count). The van der Waals surface area contributed by atoms with Crippen LogP contribution in [0.2, 0.25) is 0 Å². The zero-order valence-electron chi connectivity index (χ0n) is 13.9. The van der Waals surface area contributed by atoms with Gasteiger partial charge in [-0.25, -0.2) is 13.1 Å². The van der Waals surface area contributed by atoms with E-state index in [9.17, 15) is 13.2 Å². The van der Waals surface area contributed by atoms with Crippen molar-refractivity contribution in [1.82, 2.24) is 10.0 Å². The summed E-state index contributed by atoms with van der Waals surface area (Å²) in [5.74, 6) is -0.0836. The highest BCUT2D eigenvalue weighted by Crippen LogP contribution is 2.17. The lowest BCUT2D eigenvalue weighted by Gasteiger charge is -2.22. The fourth-order valence-electron chi connectivity index (χ4n) is 2.81. The van der Waals surface area contributed by atoms with Crippen molar-refractivity contribution in [2.24, 2.45) is 0 Å². The minimum atomic E-state index is -3.56. The molecule has 0 unspecified atom stereocenters. The smallest absolute Gasteiger partial charge is 0.240 e. The number of rotatable bonds is 6. The average Bonchev–Trinajstić information content (AvgIpc) is 2.50. The fourth-order valence-corrected chi connectivity index (χ4v) is 3.93. The number of benzene rings is 1. The Balaban J connectivity index is 1.82. The van der Waals surface area contributed by atoms with Crippen LogP contribution in [0.25, 0.3) is 0 Å². The molecule has 0 atom stereocenters. The van der Waals surface area contributed by atoms with Gasteiger partial charge in [0.05, 0.1) is 4.90 Å². The van der Waals surface area contributed by atoms with Gasteiger partial charge in [-0.2, -0.15) is 0 Å². The van der Waals surface area contributed by atoms with Crippen molar-refractivity contribution in [2.45, 2.75) is 63.3 Å². The van der Waals surface area contributed by atoms with E-state index in [1.807, 2.05) is 13.8 Å². The van der Waals surface area contributed by atoms with E-state index >= 15 is 0 Å². The molecule has 1 aliphatic rings. The highest BCUT2D eigenvalue weighted by Gasteiger charge is 2.17. The lowest BCUT2D eigenvalue weighted by atomic mass is 9.95. The van der Waals surface area contributed by atoms with Gasteiger partial charge in [-0.15, -0.1) is 0 Å². The SMILES string of the molecule is Cc1ccc(S(=O)(=O)NCCC(=O)NC2CCCCC2)cc1C. The van der Waals surface area contributed by atoms with Crippen LogP contribution in [0.4, 0.5) is 0 Å². The third kappa shape index (κ3) is 5.32. The maximum absolute atomic E-state index is 12.2. The van der Waals surface area contributed by atoms with Crippen molar-refractivity contribution in [3.8, 4) is 0 Å². The normalized spacial score (nSPS) is 16.3. The first-order valence-corrected chi connectivity index (χ1v) is 9.73. The van der Waals surface area contributed by atoms with Gasteiger partial charge >= 0.3 is 0 Å². The molecule has 0 aromatic heterocycles. The van der Waals surface area contributed by atoms with Gasteiger partial charge in [-0.3, -0.25) is 4.79 Å². The van der Waals surface area contributed by atoms with Crippen molar-refractivity contribution in [3.05, 3.63) is 29.3 Å². The van der Waals surface area contributed by atoms with Gasteiger partial charge in [-0.05, 0) is 49.9 Å². The lowest BCUT2D eigenvalue weighted by molar-refractivity contribution is -0.121. The maximum atomic E-state index is 12.2. The predicted octanol–water partition coefficient (Wildman–Crippen LogP) is 2.42. The molecule has 1 amide bonds. The van der Waals surface area contributed by atoms with Crippen LogP contribution in [0.3, 0.4) is 0 Å². The Bertz CT molecular complexity index is 650. The minimum Gasteiger partial charge on any atom is -0.353 e. The molecule has 128 valence electrons. The summed E-state index contributed by atoms with van der Waals surface area (Å²) >= 11 is 0. The Hall–Kier alpha value is -1.40. The highest BCUT2D eigenvalue weighted by molar-refractivity contribution is 7.89. The molecule has 0 spiro atoms. The van der Waals surface area contributed by atoms with E-state index in [1.54, 1.807) is 18.2 Å². The van der Waals surface area contributed by atoms with E-state index in [1.165, 1.54) is 6.42 Å². The number of hydrogen-bond acceptors (Lipinski definition) is 3. The Morgan fingerprint density at radius 1 is 1.13 bits per heavy atom. The number of hydrogen-bond donors (Lipinski definition) is 2. The quantitative estimate of drug-likeness (QED) is 0.836. The van der Waals surface area contributed by atoms with Crippen LogP contribution < -0.4 is 10.0 Å². The number of amides is 1. The molecular weight excluding hydrogens is 312 g/mol. The molecule has 6 heteroatoms. The monoisotopic (exact) mass is 338 g/mol. The molecule has 1 aromatic carbocycles. The molecule has 0 radical (unpaired) electrons.